The van der Waals surface area contributed by atoms with Gasteiger partial charge in [-0.05, 0) is 50.8 Å². The molecule has 0 spiro atoms. The van der Waals surface area contributed by atoms with Crippen LogP contribution in [-0.4, -0.2) is 16.1 Å². The van der Waals surface area contributed by atoms with Gasteiger partial charge in [0.05, 0.1) is 10.7 Å². The lowest BCUT2D eigenvalue weighted by molar-refractivity contribution is 0.0701. The Kier molecular flexibility index (Phi) is 4.43. The molecule has 0 fully saturated rings. The quantitative estimate of drug-likeness (QED) is 0.897. The molecule has 0 unspecified atom stereocenters. The Hall–Kier alpha value is -1.68. The van der Waals surface area contributed by atoms with Crippen LogP contribution in [0.2, 0.25) is 0 Å². The fraction of sp³-hybridized carbons (Fsp3) is 0.444. The fourth-order valence-electron chi connectivity index (χ4n) is 2.89. The van der Waals surface area contributed by atoms with Gasteiger partial charge in [-0.1, -0.05) is 31.5 Å². The molecule has 1 aromatic carbocycles. The van der Waals surface area contributed by atoms with Crippen molar-refractivity contribution in [2.45, 2.75) is 53.4 Å². The molecule has 0 atom stereocenters. The third-order valence-corrected chi connectivity index (χ3v) is 5.54. The number of hydrogen-bond acceptors (Lipinski definition) is 3. The average molecular weight is 317 g/mol. The zero-order valence-corrected chi connectivity index (χ0v) is 14.9. The van der Waals surface area contributed by atoms with Crippen molar-refractivity contribution in [2.24, 2.45) is 0 Å². The predicted octanol–water partition coefficient (Wildman–Crippen LogP) is 4.60. The van der Waals surface area contributed by atoms with Crippen LogP contribution in [0.5, 0.6) is 0 Å². The molecular weight excluding hydrogens is 294 g/mol. The summed E-state index contributed by atoms with van der Waals surface area (Å²) in [4.78, 5) is 16.1. The zero-order valence-electron chi connectivity index (χ0n) is 14.1. The van der Waals surface area contributed by atoms with E-state index in [4.69, 9.17) is 0 Å². The summed E-state index contributed by atoms with van der Waals surface area (Å²) in [7, 11) is 0. The maximum Gasteiger partial charge on any atom is 0.347 e. The van der Waals surface area contributed by atoms with Crippen LogP contribution in [0.3, 0.4) is 0 Å². The number of carboxylic acids is 1. The molecule has 22 heavy (non-hydrogen) atoms. The highest BCUT2D eigenvalue weighted by molar-refractivity contribution is 7.13. The number of aryl methyl sites for hydroxylation is 4. The summed E-state index contributed by atoms with van der Waals surface area (Å²) < 4.78 is 0. The summed E-state index contributed by atoms with van der Waals surface area (Å²) in [5, 5.41) is 10.1. The molecular formula is C18H23NO2S. The van der Waals surface area contributed by atoms with E-state index in [1.807, 2.05) is 0 Å². The molecule has 1 aromatic heterocycles. The second kappa shape index (κ2) is 5.84. The van der Waals surface area contributed by atoms with Crippen LogP contribution >= 0.6 is 11.3 Å². The Balaban J connectivity index is 2.40. The van der Waals surface area contributed by atoms with Gasteiger partial charge in [0.2, 0.25) is 0 Å². The van der Waals surface area contributed by atoms with E-state index in [2.05, 4.69) is 51.7 Å². The van der Waals surface area contributed by atoms with Crippen LogP contribution in [0.4, 0.5) is 0 Å². The van der Waals surface area contributed by atoms with Crippen LogP contribution in [0.1, 0.15) is 56.5 Å². The summed E-state index contributed by atoms with van der Waals surface area (Å²) in [6, 6.07) is 4.41. The van der Waals surface area contributed by atoms with E-state index in [1.165, 1.54) is 33.6 Å². The van der Waals surface area contributed by atoms with Gasteiger partial charge in [-0.25, -0.2) is 9.78 Å². The number of thiazole rings is 1. The van der Waals surface area contributed by atoms with Crippen molar-refractivity contribution >= 4 is 17.3 Å². The number of carboxylic acid groups (broad SMARTS) is 1. The molecule has 0 aliphatic rings. The molecule has 1 N–H and O–H groups in total. The van der Waals surface area contributed by atoms with Gasteiger partial charge >= 0.3 is 5.97 Å². The van der Waals surface area contributed by atoms with E-state index in [0.717, 1.165) is 11.4 Å². The molecule has 0 bridgehead atoms. The highest BCUT2D eigenvalue weighted by Gasteiger charge is 2.28. The van der Waals surface area contributed by atoms with Gasteiger partial charge in [0.15, 0.2) is 0 Å². The van der Waals surface area contributed by atoms with Gasteiger partial charge in [0.25, 0.3) is 0 Å². The van der Waals surface area contributed by atoms with E-state index >= 15 is 0 Å². The standard InChI is InChI=1S/C18H23NO2S/c1-10-7-11(2)14(12(3)8-10)9-18(5,6)17-19-13(4)15(22-17)16(20)21/h7-8H,9H2,1-6H3,(H,20,21). The molecule has 0 aliphatic carbocycles. The third kappa shape index (κ3) is 3.22. The van der Waals surface area contributed by atoms with Gasteiger partial charge in [0, 0.05) is 5.41 Å². The summed E-state index contributed by atoms with van der Waals surface area (Å²) in [6.07, 6.45) is 0.858. The second-order valence-corrected chi connectivity index (χ2v) is 7.68. The van der Waals surface area contributed by atoms with Gasteiger partial charge in [-0.2, -0.15) is 0 Å². The Bertz CT molecular complexity index is 706. The highest BCUT2D eigenvalue weighted by Crippen LogP contribution is 2.34. The number of hydrogen-bond donors (Lipinski definition) is 1. The lowest BCUT2D eigenvalue weighted by Crippen LogP contribution is -2.21. The Morgan fingerprint density at radius 2 is 1.73 bits per heavy atom. The number of nitrogens with zero attached hydrogens (tertiary/aromatic N) is 1. The minimum Gasteiger partial charge on any atom is -0.477 e. The first-order valence-corrected chi connectivity index (χ1v) is 8.21. The van der Waals surface area contributed by atoms with E-state index in [9.17, 15) is 9.90 Å². The number of aromatic nitrogens is 1. The maximum atomic E-state index is 11.2. The number of benzene rings is 1. The molecule has 0 saturated heterocycles. The predicted molar refractivity (Wildman–Crippen MR) is 91.2 cm³/mol. The van der Waals surface area contributed by atoms with Crippen LogP contribution in [-0.2, 0) is 11.8 Å². The number of rotatable bonds is 4. The monoisotopic (exact) mass is 317 g/mol. The van der Waals surface area contributed by atoms with E-state index in [1.54, 1.807) is 6.92 Å². The van der Waals surface area contributed by atoms with Crippen molar-refractivity contribution in [1.82, 2.24) is 4.98 Å². The number of aromatic carboxylic acids is 1. The van der Waals surface area contributed by atoms with Gasteiger partial charge < -0.3 is 5.11 Å². The van der Waals surface area contributed by atoms with Crippen LogP contribution < -0.4 is 0 Å². The van der Waals surface area contributed by atoms with Gasteiger partial charge in [0.1, 0.15) is 4.88 Å². The number of carbonyl (C=O) groups is 1. The first-order chi connectivity index (χ1) is 10.1. The highest BCUT2D eigenvalue weighted by atomic mass is 32.1. The molecule has 4 heteroatoms. The third-order valence-electron chi connectivity index (χ3n) is 4.03. The maximum absolute atomic E-state index is 11.2. The van der Waals surface area contributed by atoms with E-state index in [0.29, 0.717) is 10.6 Å². The van der Waals surface area contributed by atoms with Crippen molar-refractivity contribution < 1.29 is 9.90 Å². The van der Waals surface area contributed by atoms with Crippen LogP contribution in [0, 0.1) is 27.7 Å². The lowest BCUT2D eigenvalue weighted by Gasteiger charge is -2.24. The topological polar surface area (TPSA) is 50.2 Å². The first kappa shape index (κ1) is 16.7. The molecule has 118 valence electrons. The fourth-order valence-corrected chi connectivity index (χ4v) is 3.90. The van der Waals surface area contributed by atoms with Crippen molar-refractivity contribution in [3.63, 3.8) is 0 Å². The van der Waals surface area contributed by atoms with Crippen molar-refractivity contribution in [3.05, 3.63) is 50.0 Å². The molecule has 0 amide bonds. The molecule has 0 saturated carbocycles. The van der Waals surface area contributed by atoms with Crippen LogP contribution in [0.15, 0.2) is 12.1 Å². The van der Waals surface area contributed by atoms with Crippen molar-refractivity contribution in [3.8, 4) is 0 Å². The Morgan fingerprint density at radius 3 is 2.18 bits per heavy atom. The summed E-state index contributed by atoms with van der Waals surface area (Å²) in [5.74, 6) is -0.889. The molecule has 0 radical (unpaired) electrons. The van der Waals surface area contributed by atoms with Crippen molar-refractivity contribution in [2.75, 3.05) is 0 Å². The van der Waals surface area contributed by atoms with Gasteiger partial charge in [-0.3, -0.25) is 0 Å². The molecule has 3 nitrogen and oxygen atoms in total. The molecule has 0 aliphatic heterocycles. The first-order valence-electron chi connectivity index (χ1n) is 7.40. The van der Waals surface area contributed by atoms with Crippen LogP contribution in [0.25, 0.3) is 0 Å². The molecule has 2 aromatic rings. The molecule has 1 heterocycles. The van der Waals surface area contributed by atoms with Crippen molar-refractivity contribution in [1.29, 1.82) is 0 Å². The summed E-state index contributed by atoms with van der Waals surface area (Å²) >= 11 is 1.30. The summed E-state index contributed by atoms with van der Waals surface area (Å²) in [5.41, 5.74) is 5.61. The Morgan fingerprint density at radius 1 is 1.18 bits per heavy atom. The largest absolute Gasteiger partial charge is 0.477 e. The minimum atomic E-state index is -0.889. The Labute approximate surface area is 136 Å². The normalized spacial score (nSPS) is 11.7. The SMILES string of the molecule is Cc1cc(C)c(CC(C)(C)c2nc(C)c(C(=O)O)s2)c(C)c1. The second-order valence-electron chi connectivity index (χ2n) is 6.68. The smallest absolute Gasteiger partial charge is 0.347 e. The van der Waals surface area contributed by atoms with Gasteiger partial charge in [-0.15, -0.1) is 11.3 Å². The lowest BCUT2D eigenvalue weighted by atomic mass is 9.82. The van der Waals surface area contributed by atoms with E-state index < -0.39 is 5.97 Å². The van der Waals surface area contributed by atoms with E-state index in [-0.39, 0.29) is 5.41 Å². The summed E-state index contributed by atoms with van der Waals surface area (Å²) in [6.45, 7) is 12.4. The zero-order chi connectivity index (χ0) is 16.7. The molecule has 2 rings (SSSR count). The average Bonchev–Trinajstić information content (AvgIpc) is 2.77. The minimum absolute atomic E-state index is 0.187.